The highest BCUT2D eigenvalue weighted by atomic mass is 16.2. The Morgan fingerprint density at radius 1 is 1.26 bits per heavy atom. The van der Waals surface area contributed by atoms with E-state index in [4.69, 9.17) is 0 Å². The van der Waals surface area contributed by atoms with Gasteiger partial charge in [-0.05, 0) is 30.0 Å². The molecule has 2 amide bonds. The monoisotopic (exact) mass is 262 g/mol. The number of urea groups is 1. The largest absolute Gasteiger partial charge is 0.335 e. The molecule has 0 bridgehead atoms. The molecule has 0 aliphatic rings. The maximum atomic E-state index is 11.6. The Morgan fingerprint density at radius 2 is 1.84 bits per heavy atom. The van der Waals surface area contributed by atoms with Crippen LogP contribution in [-0.2, 0) is 10.2 Å². The topological polar surface area (TPSA) is 58.2 Å². The van der Waals surface area contributed by atoms with Crippen LogP contribution < -0.4 is 10.6 Å². The van der Waals surface area contributed by atoms with Crippen molar-refractivity contribution in [2.75, 3.05) is 5.32 Å². The highest BCUT2D eigenvalue weighted by Crippen LogP contribution is 2.23. The van der Waals surface area contributed by atoms with Gasteiger partial charge in [0.05, 0.1) is 0 Å². The van der Waals surface area contributed by atoms with Crippen LogP contribution in [0.1, 0.15) is 39.7 Å². The first kappa shape index (κ1) is 15.2. The van der Waals surface area contributed by atoms with Crippen molar-refractivity contribution in [3.05, 3.63) is 29.8 Å². The first-order chi connectivity index (χ1) is 8.82. The third kappa shape index (κ3) is 5.12. The molecule has 0 heterocycles. The molecule has 0 saturated heterocycles. The summed E-state index contributed by atoms with van der Waals surface area (Å²) in [6.07, 6.45) is 1.11. The second-order valence-electron chi connectivity index (χ2n) is 5.73. The minimum absolute atomic E-state index is 0.0965. The number of rotatable bonds is 4. The second-order valence-corrected chi connectivity index (χ2v) is 5.73. The number of carbonyl (C=O) groups is 2. The van der Waals surface area contributed by atoms with Crippen molar-refractivity contribution in [2.24, 2.45) is 0 Å². The fourth-order valence-electron chi connectivity index (χ4n) is 1.65. The molecule has 1 rings (SSSR count). The Bertz CT molecular complexity index is 432. The maximum Gasteiger partial charge on any atom is 0.319 e. The quantitative estimate of drug-likeness (QED) is 0.819. The van der Waals surface area contributed by atoms with Crippen LogP contribution in [0.25, 0.3) is 0 Å². The summed E-state index contributed by atoms with van der Waals surface area (Å²) in [5.41, 5.74) is 2.05. The van der Waals surface area contributed by atoms with Crippen LogP contribution in [0, 0.1) is 0 Å². The van der Waals surface area contributed by atoms with Crippen LogP contribution >= 0.6 is 0 Å². The summed E-state index contributed by atoms with van der Waals surface area (Å²) in [4.78, 5) is 22.0. The zero-order valence-electron chi connectivity index (χ0n) is 12.0. The van der Waals surface area contributed by atoms with Crippen LogP contribution in [0.3, 0.4) is 0 Å². The van der Waals surface area contributed by atoms with Crippen LogP contribution in [-0.4, -0.2) is 18.4 Å². The number of anilines is 1. The second kappa shape index (κ2) is 6.36. The van der Waals surface area contributed by atoms with Gasteiger partial charge in [-0.15, -0.1) is 0 Å². The van der Waals surface area contributed by atoms with Gasteiger partial charge >= 0.3 is 6.03 Å². The van der Waals surface area contributed by atoms with Crippen LogP contribution in [0.5, 0.6) is 0 Å². The van der Waals surface area contributed by atoms with E-state index in [2.05, 4.69) is 31.4 Å². The normalized spacial score (nSPS) is 12.6. The van der Waals surface area contributed by atoms with Gasteiger partial charge < -0.3 is 15.4 Å². The van der Waals surface area contributed by atoms with Gasteiger partial charge in [0.25, 0.3) is 0 Å². The number of hydrogen-bond acceptors (Lipinski definition) is 2. The maximum absolute atomic E-state index is 11.6. The molecule has 4 heteroatoms. The molecule has 1 atom stereocenters. The summed E-state index contributed by atoms with van der Waals surface area (Å²) in [7, 11) is 0. The van der Waals surface area contributed by atoms with E-state index < -0.39 is 0 Å². The predicted molar refractivity (Wildman–Crippen MR) is 77.4 cm³/mol. The molecule has 2 N–H and O–H groups in total. The van der Waals surface area contributed by atoms with E-state index in [9.17, 15) is 9.59 Å². The average molecular weight is 262 g/mol. The first-order valence-corrected chi connectivity index (χ1v) is 6.44. The van der Waals surface area contributed by atoms with Crippen LogP contribution in [0.4, 0.5) is 10.5 Å². The van der Waals surface area contributed by atoms with E-state index in [0.29, 0.717) is 6.42 Å². The molecule has 1 unspecified atom stereocenters. The number of aldehydes is 1. The zero-order chi connectivity index (χ0) is 14.5. The summed E-state index contributed by atoms with van der Waals surface area (Å²) < 4.78 is 0. The van der Waals surface area contributed by atoms with Gasteiger partial charge in [-0.2, -0.15) is 0 Å². The fourth-order valence-corrected chi connectivity index (χ4v) is 1.65. The summed E-state index contributed by atoms with van der Waals surface area (Å²) in [6.45, 7) is 8.21. The molecule has 19 heavy (non-hydrogen) atoms. The molecule has 1 aromatic carbocycles. The van der Waals surface area contributed by atoms with E-state index >= 15 is 0 Å². The minimum Gasteiger partial charge on any atom is -0.335 e. The molecule has 104 valence electrons. The minimum atomic E-state index is -0.294. The number of carbonyl (C=O) groups excluding carboxylic acids is 2. The van der Waals surface area contributed by atoms with Gasteiger partial charge in [-0.25, -0.2) is 4.79 Å². The molecule has 4 nitrogen and oxygen atoms in total. The van der Waals surface area contributed by atoms with Crippen molar-refractivity contribution in [2.45, 2.75) is 45.6 Å². The van der Waals surface area contributed by atoms with Gasteiger partial charge in [-0.3, -0.25) is 0 Å². The Morgan fingerprint density at radius 3 is 2.32 bits per heavy atom. The first-order valence-electron chi connectivity index (χ1n) is 6.44. The molecular formula is C15H22N2O2. The molecular weight excluding hydrogens is 240 g/mol. The predicted octanol–water partition coefficient (Wildman–Crippen LogP) is 3.08. The molecule has 0 radical (unpaired) electrons. The molecule has 0 spiro atoms. The van der Waals surface area contributed by atoms with E-state index in [0.717, 1.165) is 12.0 Å². The fraction of sp³-hybridized carbons (Fsp3) is 0.467. The van der Waals surface area contributed by atoms with Crippen molar-refractivity contribution in [1.29, 1.82) is 0 Å². The Labute approximate surface area is 114 Å². The number of benzene rings is 1. The van der Waals surface area contributed by atoms with Crippen LogP contribution in [0.2, 0.25) is 0 Å². The van der Waals surface area contributed by atoms with Gasteiger partial charge in [0.15, 0.2) is 0 Å². The standard InChI is InChI=1S/C15H22N2O2/c1-11(9-10-18)16-14(19)17-13-7-5-12(6-8-13)15(2,3)4/h5-8,10-11H,9H2,1-4H3,(H2,16,17,19). The Kier molecular flexibility index (Phi) is 5.10. The lowest BCUT2D eigenvalue weighted by molar-refractivity contribution is -0.108. The highest BCUT2D eigenvalue weighted by Gasteiger charge is 2.13. The summed E-state index contributed by atoms with van der Waals surface area (Å²) in [5, 5.41) is 5.44. The lowest BCUT2D eigenvalue weighted by Crippen LogP contribution is -2.36. The highest BCUT2D eigenvalue weighted by molar-refractivity contribution is 5.89. The molecule has 0 aliphatic heterocycles. The molecule has 0 saturated carbocycles. The van der Waals surface area contributed by atoms with Gasteiger partial charge in [-0.1, -0.05) is 32.9 Å². The SMILES string of the molecule is CC(CC=O)NC(=O)Nc1ccc(C(C)(C)C)cc1. The number of nitrogens with one attached hydrogen (secondary N) is 2. The molecule has 1 aromatic rings. The summed E-state index contributed by atoms with van der Waals surface area (Å²) in [5.74, 6) is 0. The van der Waals surface area contributed by atoms with Crippen LogP contribution in [0.15, 0.2) is 24.3 Å². The Hall–Kier alpha value is -1.84. The Balaban J connectivity index is 2.58. The molecule has 0 aliphatic carbocycles. The molecule has 0 aromatic heterocycles. The number of hydrogen-bond donors (Lipinski definition) is 2. The summed E-state index contributed by atoms with van der Waals surface area (Å²) in [6, 6.07) is 7.31. The zero-order valence-corrected chi connectivity index (χ0v) is 12.0. The van der Waals surface area contributed by atoms with Crippen molar-refractivity contribution < 1.29 is 9.59 Å². The van der Waals surface area contributed by atoms with E-state index in [1.54, 1.807) is 6.92 Å². The molecule has 0 fully saturated rings. The third-order valence-corrected chi connectivity index (χ3v) is 2.84. The third-order valence-electron chi connectivity index (χ3n) is 2.84. The van der Waals surface area contributed by atoms with Crippen molar-refractivity contribution in [1.82, 2.24) is 5.32 Å². The number of amides is 2. The van der Waals surface area contributed by atoms with E-state index in [1.807, 2.05) is 24.3 Å². The van der Waals surface area contributed by atoms with Crippen molar-refractivity contribution in [3.8, 4) is 0 Å². The van der Waals surface area contributed by atoms with Gasteiger partial charge in [0.1, 0.15) is 6.29 Å². The smallest absolute Gasteiger partial charge is 0.319 e. The summed E-state index contributed by atoms with van der Waals surface area (Å²) >= 11 is 0. The lowest BCUT2D eigenvalue weighted by atomic mass is 9.87. The van der Waals surface area contributed by atoms with Crippen molar-refractivity contribution >= 4 is 18.0 Å². The van der Waals surface area contributed by atoms with Crippen molar-refractivity contribution in [3.63, 3.8) is 0 Å². The lowest BCUT2D eigenvalue weighted by Gasteiger charge is -2.19. The average Bonchev–Trinajstić information content (AvgIpc) is 2.28. The van der Waals surface area contributed by atoms with E-state index in [1.165, 1.54) is 5.56 Å². The van der Waals surface area contributed by atoms with Gasteiger partial charge in [0, 0.05) is 18.2 Å². The van der Waals surface area contributed by atoms with E-state index in [-0.39, 0.29) is 17.5 Å². The van der Waals surface area contributed by atoms with Gasteiger partial charge in [0.2, 0.25) is 0 Å².